The molecule has 8 nitrogen and oxygen atoms in total. The third kappa shape index (κ3) is 3.05. The molecule has 0 amide bonds. The maximum absolute atomic E-state index is 11.2. The lowest BCUT2D eigenvalue weighted by Gasteiger charge is -2.04. The monoisotopic (exact) mass is 275 g/mol. The molecule has 1 heterocycles. The van der Waals surface area contributed by atoms with Gasteiger partial charge in [-0.3, -0.25) is 10.1 Å². The molecule has 0 atom stereocenters. The zero-order valence-corrected chi connectivity index (χ0v) is 10.3. The molecule has 0 radical (unpaired) electrons. The van der Waals surface area contributed by atoms with Crippen LogP contribution >= 0.6 is 0 Å². The third-order valence-corrected chi connectivity index (χ3v) is 2.30. The van der Waals surface area contributed by atoms with Crippen molar-refractivity contribution in [3.8, 4) is 11.6 Å². The van der Waals surface area contributed by atoms with Crippen LogP contribution in [0.2, 0.25) is 0 Å². The van der Waals surface area contributed by atoms with Crippen LogP contribution in [-0.4, -0.2) is 28.2 Å². The smallest absolute Gasteiger partial charge is 0.358 e. The Morgan fingerprint density at radius 3 is 2.35 bits per heavy atom. The Balaban J connectivity index is 2.10. The molecular weight excluding hydrogens is 266 g/mol. The van der Waals surface area contributed by atoms with Gasteiger partial charge >= 0.3 is 5.97 Å². The van der Waals surface area contributed by atoms with Crippen LogP contribution in [0.5, 0.6) is 11.6 Å². The van der Waals surface area contributed by atoms with Gasteiger partial charge in [-0.1, -0.05) is 0 Å². The van der Waals surface area contributed by atoms with Gasteiger partial charge in [-0.2, -0.15) is 0 Å². The number of nitrogens with zero attached hydrogens (tertiary/aromatic N) is 3. The van der Waals surface area contributed by atoms with Gasteiger partial charge in [0.2, 0.25) is 5.88 Å². The fourth-order valence-electron chi connectivity index (χ4n) is 1.34. The first kappa shape index (κ1) is 13.4. The SMILES string of the molecule is COC(=O)c1ccc(Oc2ccc([N+](=O)[O-])cc2)nn1. The molecule has 0 N–H and O–H groups in total. The van der Waals surface area contributed by atoms with E-state index in [4.69, 9.17) is 4.74 Å². The number of hydrogen-bond donors (Lipinski definition) is 0. The standard InChI is InChI=1S/C12H9N3O5/c1-19-12(16)10-6-7-11(14-13-10)20-9-4-2-8(3-5-9)15(17)18/h2-7H,1H3. The fraction of sp³-hybridized carbons (Fsp3) is 0.0833. The van der Waals surface area contributed by atoms with Crippen molar-refractivity contribution in [2.75, 3.05) is 7.11 Å². The van der Waals surface area contributed by atoms with E-state index in [9.17, 15) is 14.9 Å². The molecule has 0 spiro atoms. The summed E-state index contributed by atoms with van der Waals surface area (Å²) in [7, 11) is 1.24. The quantitative estimate of drug-likeness (QED) is 0.477. The minimum Gasteiger partial charge on any atom is -0.464 e. The zero-order valence-electron chi connectivity index (χ0n) is 10.3. The Hall–Kier alpha value is -3.03. The first-order valence-corrected chi connectivity index (χ1v) is 5.44. The molecule has 2 rings (SSSR count). The van der Waals surface area contributed by atoms with Crippen molar-refractivity contribution in [1.29, 1.82) is 0 Å². The Morgan fingerprint density at radius 1 is 1.15 bits per heavy atom. The Bertz CT molecular complexity index is 625. The van der Waals surface area contributed by atoms with Crippen molar-refractivity contribution in [1.82, 2.24) is 10.2 Å². The lowest BCUT2D eigenvalue weighted by Crippen LogP contribution is -2.05. The molecule has 20 heavy (non-hydrogen) atoms. The largest absolute Gasteiger partial charge is 0.464 e. The second kappa shape index (κ2) is 5.74. The van der Waals surface area contributed by atoms with Gasteiger partial charge in [0.05, 0.1) is 12.0 Å². The maximum Gasteiger partial charge on any atom is 0.358 e. The number of benzene rings is 1. The molecule has 0 saturated heterocycles. The second-order valence-corrected chi connectivity index (χ2v) is 3.60. The lowest BCUT2D eigenvalue weighted by molar-refractivity contribution is -0.384. The zero-order chi connectivity index (χ0) is 14.5. The number of ether oxygens (including phenoxy) is 2. The minimum absolute atomic E-state index is 0.0375. The number of hydrogen-bond acceptors (Lipinski definition) is 7. The Labute approximate surface area is 113 Å². The lowest BCUT2D eigenvalue weighted by atomic mass is 10.3. The van der Waals surface area contributed by atoms with Crippen molar-refractivity contribution >= 4 is 11.7 Å². The van der Waals surface area contributed by atoms with Gasteiger partial charge in [-0.25, -0.2) is 4.79 Å². The van der Waals surface area contributed by atoms with Gasteiger partial charge in [0.15, 0.2) is 5.69 Å². The van der Waals surface area contributed by atoms with Crippen LogP contribution in [0.15, 0.2) is 36.4 Å². The number of carbonyl (C=O) groups excluding carboxylic acids is 1. The average molecular weight is 275 g/mol. The summed E-state index contributed by atoms with van der Waals surface area (Å²) >= 11 is 0. The molecule has 0 unspecified atom stereocenters. The van der Waals surface area contributed by atoms with E-state index in [1.54, 1.807) is 0 Å². The molecular formula is C12H9N3O5. The van der Waals surface area contributed by atoms with Crippen LogP contribution in [0.3, 0.4) is 0 Å². The number of esters is 1. The summed E-state index contributed by atoms with van der Waals surface area (Å²) in [4.78, 5) is 21.1. The van der Waals surface area contributed by atoms with Gasteiger partial charge in [0.25, 0.3) is 5.69 Å². The highest BCUT2D eigenvalue weighted by atomic mass is 16.6. The van der Waals surface area contributed by atoms with Crippen LogP contribution in [0.1, 0.15) is 10.5 Å². The van der Waals surface area contributed by atoms with E-state index in [1.807, 2.05) is 0 Å². The van der Waals surface area contributed by atoms with E-state index < -0.39 is 10.9 Å². The second-order valence-electron chi connectivity index (χ2n) is 3.60. The van der Waals surface area contributed by atoms with Crippen LogP contribution in [0.25, 0.3) is 0 Å². The molecule has 102 valence electrons. The van der Waals surface area contributed by atoms with E-state index in [2.05, 4.69) is 14.9 Å². The van der Waals surface area contributed by atoms with Gasteiger partial charge < -0.3 is 9.47 Å². The predicted octanol–water partition coefficient (Wildman–Crippen LogP) is 1.96. The molecule has 0 aliphatic rings. The topological polar surface area (TPSA) is 104 Å². The number of nitro groups is 1. The molecule has 0 fully saturated rings. The van der Waals surface area contributed by atoms with Gasteiger partial charge in [0.1, 0.15) is 5.75 Å². The van der Waals surface area contributed by atoms with Crippen LogP contribution in [-0.2, 0) is 4.74 Å². The molecule has 1 aromatic carbocycles. The number of rotatable bonds is 4. The summed E-state index contributed by atoms with van der Waals surface area (Å²) in [5.41, 5.74) is 0.0213. The highest BCUT2D eigenvalue weighted by Gasteiger charge is 2.09. The van der Waals surface area contributed by atoms with Crippen molar-refractivity contribution in [3.05, 3.63) is 52.2 Å². The van der Waals surface area contributed by atoms with E-state index in [1.165, 1.54) is 43.5 Å². The average Bonchev–Trinajstić information content (AvgIpc) is 2.48. The Kier molecular flexibility index (Phi) is 3.85. The van der Waals surface area contributed by atoms with Crippen LogP contribution in [0.4, 0.5) is 5.69 Å². The molecule has 0 saturated carbocycles. The first-order valence-electron chi connectivity index (χ1n) is 5.44. The van der Waals surface area contributed by atoms with Crippen molar-refractivity contribution in [3.63, 3.8) is 0 Å². The molecule has 0 aliphatic carbocycles. The number of aromatic nitrogens is 2. The summed E-state index contributed by atoms with van der Waals surface area (Å²) in [5, 5.41) is 17.8. The summed E-state index contributed by atoms with van der Waals surface area (Å²) in [6.07, 6.45) is 0. The molecule has 0 bridgehead atoms. The molecule has 2 aromatic rings. The number of methoxy groups -OCH3 is 1. The molecule has 1 aromatic heterocycles. The highest BCUT2D eigenvalue weighted by molar-refractivity contribution is 5.86. The maximum atomic E-state index is 11.2. The number of nitro benzene ring substituents is 1. The van der Waals surface area contributed by atoms with Gasteiger partial charge in [-0.15, -0.1) is 10.2 Å². The number of non-ortho nitro benzene ring substituents is 1. The summed E-state index contributed by atoms with van der Waals surface area (Å²) in [6.45, 7) is 0. The minimum atomic E-state index is -0.598. The summed E-state index contributed by atoms with van der Waals surface area (Å²) in [5.74, 6) is -0.0680. The first-order chi connectivity index (χ1) is 9.60. The molecule has 8 heteroatoms. The van der Waals surface area contributed by atoms with E-state index >= 15 is 0 Å². The van der Waals surface area contributed by atoms with Crippen LogP contribution in [0, 0.1) is 10.1 Å². The number of carbonyl (C=O) groups is 1. The summed E-state index contributed by atoms with van der Waals surface area (Å²) in [6, 6.07) is 8.35. The van der Waals surface area contributed by atoms with E-state index in [0.717, 1.165) is 0 Å². The van der Waals surface area contributed by atoms with Crippen molar-refractivity contribution in [2.45, 2.75) is 0 Å². The Morgan fingerprint density at radius 2 is 1.85 bits per heavy atom. The van der Waals surface area contributed by atoms with Gasteiger partial charge in [0, 0.05) is 18.2 Å². The van der Waals surface area contributed by atoms with Crippen molar-refractivity contribution < 1.29 is 19.2 Å². The normalized spacial score (nSPS) is 9.85. The predicted molar refractivity (Wildman–Crippen MR) is 66.5 cm³/mol. The third-order valence-electron chi connectivity index (χ3n) is 2.30. The highest BCUT2D eigenvalue weighted by Crippen LogP contribution is 2.21. The van der Waals surface area contributed by atoms with E-state index in [-0.39, 0.29) is 17.3 Å². The fourth-order valence-corrected chi connectivity index (χ4v) is 1.34. The van der Waals surface area contributed by atoms with Gasteiger partial charge in [-0.05, 0) is 18.2 Å². The van der Waals surface area contributed by atoms with E-state index in [0.29, 0.717) is 5.75 Å². The summed E-state index contributed by atoms with van der Waals surface area (Å²) < 4.78 is 9.82. The van der Waals surface area contributed by atoms with Crippen LogP contribution < -0.4 is 4.74 Å². The van der Waals surface area contributed by atoms with Crippen molar-refractivity contribution in [2.24, 2.45) is 0 Å². The molecule has 0 aliphatic heterocycles.